The van der Waals surface area contributed by atoms with Crippen molar-refractivity contribution in [3.8, 4) is 0 Å². The van der Waals surface area contributed by atoms with E-state index in [1.807, 2.05) is 6.08 Å². The molecule has 0 heteroatoms. The second kappa shape index (κ2) is 12.7. The molecular formula is C21H33. The molecule has 0 aliphatic rings. The smallest absolute Gasteiger partial charge is 0.00495 e. The molecule has 117 valence electrons. The van der Waals surface area contributed by atoms with E-state index >= 15 is 0 Å². The van der Waals surface area contributed by atoms with Crippen molar-refractivity contribution in [2.45, 2.75) is 79.6 Å². The van der Waals surface area contributed by atoms with Crippen molar-refractivity contribution >= 4 is 0 Å². The Morgan fingerprint density at radius 2 is 1.00 bits per heavy atom. The lowest BCUT2D eigenvalue weighted by atomic mass is 10.0. The fraction of sp³-hybridized carbons (Fsp3) is 0.571. The summed E-state index contributed by atoms with van der Waals surface area (Å²) in [4.78, 5) is 0. The normalized spacial score (nSPS) is 13.5. The van der Waals surface area contributed by atoms with Gasteiger partial charge in [-0.3, -0.25) is 0 Å². The first-order valence-corrected chi connectivity index (χ1v) is 8.20. The lowest BCUT2D eigenvalue weighted by Crippen LogP contribution is -1.82. The minimum Gasteiger partial charge on any atom is -0.0856 e. The molecule has 0 saturated carbocycles. The van der Waals surface area contributed by atoms with Crippen LogP contribution in [0.25, 0.3) is 0 Å². The third kappa shape index (κ3) is 13.7. The standard InChI is InChI=1S/C21H33/c1-7-11-19(4)14-9-15-21(6)17-10-16-20(5)13-8-12-18(2)3/h11-12,15-16H,7-10,13-14,17H2,2-6H3. The first kappa shape index (κ1) is 20.0. The minimum atomic E-state index is 0.408. The molecule has 0 aromatic carbocycles. The Kier molecular flexibility index (Phi) is 12.1. The van der Waals surface area contributed by atoms with Crippen LogP contribution in [0, 0.1) is 6.92 Å². The van der Waals surface area contributed by atoms with Gasteiger partial charge in [-0.1, -0.05) is 46.6 Å². The maximum atomic E-state index is 7.15. The van der Waals surface area contributed by atoms with E-state index in [-0.39, 0.29) is 0 Å². The summed E-state index contributed by atoms with van der Waals surface area (Å²) >= 11 is 0. The van der Waals surface area contributed by atoms with Crippen LogP contribution >= 0.6 is 0 Å². The highest BCUT2D eigenvalue weighted by atomic mass is 14.0. The van der Waals surface area contributed by atoms with Gasteiger partial charge in [0, 0.05) is 0 Å². The molecule has 0 aliphatic carbocycles. The molecule has 0 nitrogen and oxygen atoms in total. The van der Waals surface area contributed by atoms with Crippen molar-refractivity contribution in [3.05, 3.63) is 53.5 Å². The predicted molar refractivity (Wildman–Crippen MR) is 96.3 cm³/mol. The molecular weight excluding hydrogens is 252 g/mol. The van der Waals surface area contributed by atoms with Gasteiger partial charge in [0.15, 0.2) is 0 Å². The van der Waals surface area contributed by atoms with Gasteiger partial charge in [-0.25, -0.2) is 0 Å². The molecule has 0 atom stereocenters. The summed E-state index contributed by atoms with van der Waals surface area (Å²) in [5.41, 5.74) is 5.75. The first-order chi connectivity index (χ1) is 9.95. The van der Waals surface area contributed by atoms with Crippen LogP contribution in [-0.4, -0.2) is 0 Å². The topological polar surface area (TPSA) is 0 Å². The van der Waals surface area contributed by atoms with Gasteiger partial charge < -0.3 is 0 Å². The monoisotopic (exact) mass is 285 g/mol. The quantitative estimate of drug-likeness (QED) is 0.375. The molecule has 0 N–H and O–H groups in total. The van der Waals surface area contributed by atoms with Crippen LogP contribution in [0.3, 0.4) is 0 Å². The largest absolute Gasteiger partial charge is 0.0856 e. The van der Waals surface area contributed by atoms with E-state index in [0.29, 0.717) is 6.42 Å². The van der Waals surface area contributed by atoms with Crippen molar-refractivity contribution in [3.63, 3.8) is 0 Å². The Hall–Kier alpha value is -1.04. The van der Waals surface area contributed by atoms with Crippen LogP contribution in [0.2, 0.25) is 0 Å². The third-order valence-corrected chi connectivity index (χ3v) is 3.60. The van der Waals surface area contributed by atoms with Crippen LogP contribution in [0.5, 0.6) is 0 Å². The number of rotatable bonds is 10. The number of hydrogen-bond donors (Lipinski definition) is 0. The van der Waals surface area contributed by atoms with Crippen LogP contribution in [0.1, 0.15) is 79.6 Å². The first-order valence-electron chi connectivity index (χ1n) is 8.20. The average Bonchev–Trinajstić information content (AvgIpc) is 2.38. The van der Waals surface area contributed by atoms with Gasteiger partial charge in [0.2, 0.25) is 0 Å². The van der Waals surface area contributed by atoms with E-state index in [2.05, 4.69) is 52.8 Å². The van der Waals surface area contributed by atoms with E-state index in [1.54, 1.807) is 0 Å². The van der Waals surface area contributed by atoms with Gasteiger partial charge in [0.1, 0.15) is 0 Å². The maximum Gasteiger partial charge on any atom is -0.00495 e. The van der Waals surface area contributed by atoms with Gasteiger partial charge in [-0.05, 0) is 86.5 Å². The van der Waals surface area contributed by atoms with Gasteiger partial charge in [0.05, 0.1) is 0 Å². The second-order valence-corrected chi connectivity index (χ2v) is 6.25. The fourth-order valence-corrected chi connectivity index (χ4v) is 2.16. The molecule has 0 aromatic rings. The molecule has 0 bridgehead atoms. The molecule has 3 radical (unpaired) electrons. The highest BCUT2D eigenvalue weighted by Gasteiger charge is 1.93. The van der Waals surface area contributed by atoms with Gasteiger partial charge >= 0.3 is 0 Å². The molecule has 0 saturated heterocycles. The maximum absolute atomic E-state index is 7.15. The van der Waals surface area contributed by atoms with E-state index in [1.165, 1.54) is 41.6 Å². The Bertz CT molecular complexity index is 384. The molecule has 0 rings (SSSR count). The van der Waals surface area contributed by atoms with Crippen molar-refractivity contribution in [2.75, 3.05) is 0 Å². The zero-order valence-electron chi connectivity index (χ0n) is 14.8. The lowest BCUT2D eigenvalue weighted by molar-refractivity contribution is 0.898. The van der Waals surface area contributed by atoms with E-state index in [4.69, 9.17) is 6.92 Å². The summed E-state index contributed by atoms with van der Waals surface area (Å²) in [5, 5.41) is 0. The molecule has 0 heterocycles. The van der Waals surface area contributed by atoms with E-state index in [0.717, 1.165) is 19.3 Å². The van der Waals surface area contributed by atoms with Gasteiger partial charge in [0.25, 0.3) is 0 Å². The molecule has 0 unspecified atom stereocenters. The zero-order chi connectivity index (χ0) is 16.1. The van der Waals surface area contributed by atoms with E-state index in [9.17, 15) is 0 Å². The highest BCUT2D eigenvalue weighted by Crippen LogP contribution is 2.13. The molecule has 0 fully saturated rings. The van der Waals surface area contributed by atoms with Crippen molar-refractivity contribution in [1.82, 2.24) is 0 Å². The highest BCUT2D eigenvalue weighted by molar-refractivity contribution is 5.07. The Balaban J connectivity index is 3.93. The summed E-state index contributed by atoms with van der Waals surface area (Å²) in [7, 11) is 0. The Labute approximate surface area is 133 Å². The van der Waals surface area contributed by atoms with Crippen molar-refractivity contribution in [1.29, 1.82) is 0 Å². The van der Waals surface area contributed by atoms with Crippen LogP contribution in [0.15, 0.2) is 46.6 Å². The van der Waals surface area contributed by atoms with Gasteiger partial charge in [-0.2, -0.15) is 0 Å². The second-order valence-electron chi connectivity index (χ2n) is 6.25. The summed E-state index contributed by atoms with van der Waals surface area (Å²) in [5.74, 6) is 0. The molecule has 0 amide bonds. The third-order valence-electron chi connectivity index (χ3n) is 3.60. The summed E-state index contributed by atoms with van der Waals surface area (Å²) < 4.78 is 0. The van der Waals surface area contributed by atoms with E-state index < -0.39 is 0 Å². The van der Waals surface area contributed by atoms with Crippen LogP contribution < -0.4 is 0 Å². The summed E-state index contributed by atoms with van der Waals surface area (Å²) in [6.07, 6.45) is 16.3. The van der Waals surface area contributed by atoms with Crippen molar-refractivity contribution < 1.29 is 0 Å². The van der Waals surface area contributed by atoms with Crippen molar-refractivity contribution in [2.24, 2.45) is 0 Å². The molecule has 0 aliphatic heterocycles. The number of hydrogen-bond acceptors (Lipinski definition) is 0. The minimum absolute atomic E-state index is 0.408. The summed E-state index contributed by atoms with van der Waals surface area (Å²) in [6, 6.07) is 0. The SMILES string of the molecule is [C]CC=C(C)CCC=C(C)CCC=C(C)CCC=C(C)C. The number of allylic oxidation sites excluding steroid dienone is 8. The van der Waals surface area contributed by atoms with Crippen LogP contribution in [0.4, 0.5) is 0 Å². The molecule has 0 spiro atoms. The zero-order valence-corrected chi connectivity index (χ0v) is 14.8. The predicted octanol–water partition coefficient (Wildman–Crippen LogP) is 7.11. The lowest BCUT2D eigenvalue weighted by Gasteiger charge is -2.02. The molecule has 21 heavy (non-hydrogen) atoms. The molecule has 0 aromatic heterocycles. The average molecular weight is 285 g/mol. The van der Waals surface area contributed by atoms with Crippen LogP contribution in [-0.2, 0) is 0 Å². The fourth-order valence-electron chi connectivity index (χ4n) is 2.16. The summed E-state index contributed by atoms with van der Waals surface area (Å²) in [6.45, 7) is 18.1. The van der Waals surface area contributed by atoms with Gasteiger partial charge in [-0.15, -0.1) is 0 Å². The Morgan fingerprint density at radius 1 is 0.619 bits per heavy atom. The Morgan fingerprint density at radius 3 is 1.38 bits per heavy atom.